The summed E-state index contributed by atoms with van der Waals surface area (Å²) in [5.41, 5.74) is 0.574. The van der Waals surface area contributed by atoms with Crippen molar-refractivity contribution in [3.8, 4) is 0 Å². The first-order valence-corrected chi connectivity index (χ1v) is 2.38. The second-order valence-corrected chi connectivity index (χ2v) is 1.46. The van der Waals surface area contributed by atoms with Crippen LogP contribution in [0.3, 0.4) is 0 Å². The van der Waals surface area contributed by atoms with Crippen LogP contribution in [0.25, 0.3) is 0 Å². The fourth-order valence-electron chi connectivity index (χ4n) is 0. The third-order valence-corrected chi connectivity index (χ3v) is 0.201. The van der Waals surface area contributed by atoms with Crippen LogP contribution in [0.15, 0.2) is 12.2 Å². The molecule has 0 saturated heterocycles. The summed E-state index contributed by atoms with van der Waals surface area (Å²) in [4.78, 5) is 9.41. The SMILES string of the molecule is C=C(C)C=O.CNC. The first-order valence-electron chi connectivity index (χ1n) is 2.38. The average Bonchev–Trinajstić information content (AvgIpc) is 1.69. The molecule has 1 N–H and O–H groups in total. The Hall–Kier alpha value is -0.630. The van der Waals surface area contributed by atoms with Crippen LogP contribution >= 0.6 is 0 Å². The van der Waals surface area contributed by atoms with Crippen molar-refractivity contribution in [2.24, 2.45) is 0 Å². The van der Waals surface area contributed by atoms with Gasteiger partial charge in [0.15, 0.2) is 0 Å². The molecule has 0 aliphatic carbocycles. The quantitative estimate of drug-likeness (QED) is 0.400. The number of hydrogen-bond donors (Lipinski definition) is 1. The van der Waals surface area contributed by atoms with Crippen molar-refractivity contribution in [1.29, 1.82) is 0 Å². The van der Waals surface area contributed by atoms with Gasteiger partial charge in [-0.15, -0.1) is 0 Å². The van der Waals surface area contributed by atoms with E-state index in [0.29, 0.717) is 5.57 Å². The van der Waals surface area contributed by atoms with Gasteiger partial charge >= 0.3 is 0 Å². The van der Waals surface area contributed by atoms with Crippen LogP contribution in [0.1, 0.15) is 6.92 Å². The maximum absolute atomic E-state index is 9.41. The predicted molar refractivity (Wildman–Crippen MR) is 35.9 cm³/mol. The summed E-state index contributed by atoms with van der Waals surface area (Å²) in [6.07, 6.45) is 0.722. The van der Waals surface area contributed by atoms with Crippen molar-refractivity contribution in [1.82, 2.24) is 5.32 Å². The summed E-state index contributed by atoms with van der Waals surface area (Å²) in [6, 6.07) is 0. The van der Waals surface area contributed by atoms with E-state index in [1.54, 1.807) is 6.92 Å². The van der Waals surface area contributed by atoms with Crippen LogP contribution in [-0.4, -0.2) is 20.4 Å². The Bertz CT molecular complexity index is 68.9. The summed E-state index contributed by atoms with van der Waals surface area (Å²) in [5, 5.41) is 2.75. The highest BCUT2D eigenvalue weighted by atomic mass is 16.1. The number of nitrogens with one attached hydrogen (secondary N) is 1. The summed E-state index contributed by atoms with van der Waals surface area (Å²) >= 11 is 0. The highest BCUT2D eigenvalue weighted by Crippen LogP contribution is 1.70. The molecule has 0 aromatic carbocycles. The molecule has 0 unspecified atom stereocenters. The Labute approximate surface area is 50.6 Å². The number of allylic oxidation sites excluding steroid dienone is 1. The molecule has 0 rings (SSSR count). The highest BCUT2D eigenvalue weighted by molar-refractivity contribution is 5.70. The van der Waals surface area contributed by atoms with Crippen LogP contribution in [-0.2, 0) is 4.79 Å². The molecule has 2 nitrogen and oxygen atoms in total. The minimum atomic E-state index is 0.574. The summed E-state index contributed by atoms with van der Waals surface area (Å²) < 4.78 is 0. The average molecular weight is 115 g/mol. The Morgan fingerprint density at radius 3 is 1.75 bits per heavy atom. The van der Waals surface area contributed by atoms with E-state index in [1.807, 2.05) is 14.1 Å². The summed E-state index contributed by atoms with van der Waals surface area (Å²) in [5.74, 6) is 0. The van der Waals surface area contributed by atoms with E-state index in [2.05, 4.69) is 11.9 Å². The van der Waals surface area contributed by atoms with E-state index in [4.69, 9.17) is 0 Å². The second-order valence-electron chi connectivity index (χ2n) is 1.46. The highest BCUT2D eigenvalue weighted by Gasteiger charge is 1.66. The predicted octanol–water partition coefficient (Wildman–Crippen LogP) is 0.597. The standard InChI is InChI=1S/C4H6O.C2H7N/c1-4(2)3-5;1-3-2/h3H,1H2,2H3;3H,1-2H3. The van der Waals surface area contributed by atoms with Gasteiger partial charge in [0, 0.05) is 0 Å². The molecule has 0 fully saturated rings. The van der Waals surface area contributed by atoms with Gasteiger partial charge in [0.05, 0.1) is 0 Å². The van der Waals surface area contributed by atoms with Crippen molar-refractivity contribution < 1.29 is 4.79 Å². The Morgan fingerprint density at radius 2 is 1.75 bits per heavy atom. The molecule has 0 spiro atoms. The Morgan fingerprint density at radius 1 is 1.62 bits per heavy atom. The van der Waals surface area contributed by atoms with Gasteiger partial charge in [-0.25, -0.2) is 0 Å². The van der Waals surface area contributed by atoms with Gasteiger partial charge in [0.2, 0.25) is 0 Å². The monoisotopic (exact) mass is 115 g/mol. The van der Waals surface area contributed by atoms with E-state index in [9.17, 15) is 4.79 Å². The third kappa shape index (κ3) is 54.6. The minimum absolute atomic E-state index is 0.574. The minimum Gasteiger partial charge on any atom is -0.323 e. The zero-order chi connectivity index (χ0) is 6.99. The largest absolute Gasteiger partial charge is 0.323 e. The Balaban J connectivity index is 0. The van der Waals surface area contributed by atoms with Crippen molar-refractivity contribution in [3.63, 3.8) is 0 Å². The number of carbonyl (C=O) groups is 1. The van der Waals surface area contributed by atoms with Crippen LogP contribution in [0.2, 0.25) is 0 Å². The van der Waals surface area contributed by atoms with Gasteiger partial charge in [-0.3, -0.25) is 4.79 Å². The normalized spacial score (nSPS) is 6.38. The molecule has 0 bridgehead atoms. The van der Waals surface area contributed by atoms with Crippen molar-refractivity contribution in [3.05, 3.63) is 12.2 Å². The fraction of sp³-hybridized carbons (Fsp3) is 0.500. The van der Waals surface area contributed by atoms with E-state index in [1.165, 1.54) is 0 Å². The maximum atomic E-state index is 9.41. The lowest BCUT2D eigenvalue weighted by atomic mass is 10.4. The molecule has 0 aromatic rings. The number of aldehydes is 1. The molecule has 0 saturated carbocycles. The lowest BCUT2D eigenvalue weighted by Crippen LogP contribution is -1.89. The zero-order valence-corrected chi connectivity index (χ0v) is 5.69. The molecule has 2 heteroatoms. The summed E-state index contributed by atoms with van der Waals surface area (Å²) in [6.45, 7) is 4.97. The molecule has 0 aliphatic rings. The maximum Gasteiger partial charge on any atom is 0.145 e. The van der Waals surface area contributed by atoms with Crippen molar-refractivity contribution in [2.45, 2.75) is 6.92 Å². The molecule has 0 heterocycles. The fourth-order valence-corrected chi connectivity index (χ4v) is 0. The van der Waals surface area contributed by atoms with Crippen LogP contribution in [0, 0.1) is 0 Å². The molecule has 0 radical (unpaired) electrons. The van der Waals surface area contributed by atoms with Gasteiger partial charge in [-0.1, -0.05) is 6.58 Å². The molecule has 48 valence electrons. The van der Waals surface area contributed by atoms with Gasteiger partial charge in [-0.2, -0.15) is 0 Å². The van der Waals surface area contributed by atoms with Crippen LogP contribution in [0.5, 0.6) is 0 Å². The molecular weight excluding hydrogens is 102 g/mol. The lowest BCUT2D eigenvalue weighted by Gasteiger charge is -1.65. The van der Waals surface area contributed by atoms with E-state index in [-0.39, 0.29) is 0 Å². The van der Waals surface area contributed by atoms with Crippen LogP contribution in [0.4, 0.5) is 0 Å². The van der Waals surface area contributed by atoms with E-state index >= 15 is 0 Å². The number of carbonyl (C=O) groups excluding carboxylic acids is 1. The first kappa shape index (κ1) is 10.4. The molecule has 0 amide bonds. The Kier molecular flexibility index (Phi) is 12.5. The van der Waals surface area contributed by atoms with Crippen LogP contribution < -0.4 is 5.32 Å². The lowest BCUT2D eigenvalue weighted by molar-refractivity contribution is -0.104. The number of rotatable bonds is 1. The number of hydrogen-bond acceptors (Lipinski definition) is 2. The van der Waals surface area contributed by atoms with Gasteiger partial charge in [0.1, 0.15) is 6.29 Å². The van der Waals surface area contributed by atoms with Gasteiger partial charge in [0.25, 0.3) is 0 Å². The smallest absolute Gasteiger partial charge is 0.145 e. The zero-order valence-electron chi connectivity index (χ0n) is 5.69. The van der Waals surface area contributed by atoms with Crippen molar-refractivity contribution in [2.75, 3.05) is 14.1 Å². The van der Waals surface area contributed by atoms with Gasteiger partial charge < -0.3 is 5.32 Å². The topological polar surface area (TPSA) is 29.1 Å². The molecule has 0 aliphatic heterocycles. The first-order chi connectivity index (χ1) is 3.68. The van der Waals surface area contributed by atoms with Gasteiger partial charge in [-0.05, 0) is 26.6 Å². The molecule has 0 atom stereocenters. The third-order valence-electron chi connectivity index (χ3n) is 0.201. The molecule has 0 aromatic heterocycles. The summed E-state index contributed by atoms with van der Waals surface area (Å²) in [7, 11) is 3.75. The van der Waals surface area contributed by atoms with E-state index < -0.39 is 0 Å². The second kappa shape index (κ2) is 9.62. The van der Waals surface area contributed by atoms with E-state index in [0.717, 1.165) is 6.29 Å². The molecule has 8 heavy (non-hydrogen) atoms. The van der Waals surface area contributed by atoms with Crippen molar-refractivity contribution >= 4 is 6.29 Å². The molecular formula is C6H13NO.